The van der Waals surface area contributed by atoms with Crippen molar-refractivity contribution in [2.24, 2.45) is 0 Å². The molecule has 9 heteroatoms. The fourth-order valence-corrected chi connectivity index (χ4v) is 2.50. The predicted molar refractivity (Wildman–Crippen MR) is 81.6 cm³/mol. The molecule has 8 nitrogen and oxygen atoms in total. The summed E-state index contributed by atoms with van der Waals surface area (Å²) in [5.74, 6) is -1.26. The summed E-state index contributed by atoms with van der Waals surface area (Å²) in [5, 5.41) is 9.87. The number of phenols is 1. The molecule has 0 spiro atoms. The van der Waals surface area contributed by atoms with Crippen LogP contribution in [0.5, 0.6) is 11.5 Å². The van der Waals surface area contributed by atoms with Crippen molar-refractivity contribution in [3.05, 3.63) is 53.6 Å². The quantitative estimate of drug-likeness (QED) is 0.595. The summed E-state index contributed by atoms with van der Waals surface area (Å²) in [6.45, 7) is 0. The maximum atomic E-state index is 12.3. The van der Waals surface area contributed by atoms with Gasteiger partial charge in [-0.2, -0.15) is 8.42 Å². The Balaban J connectivity index is 0.00000242. The van der Waals surface area contributed by atoms with Gasteiger partial charge in [0.15, 0.2) is 5.78 Å². The van der Waals surface area contributed by atoms with E-state index < -0.39 is 26.5 Å². The molecule has 2 rings (SSSR count). The lowest BCUT2D eigenvalue weighted by Gasteiger charge is -2.10. The molecule has 0 aliphatic rings. The number of hydrogen-bond acceptors (Lipinski definition) is 5. The van der Waals surface area contributed by atoms with Gasteiger partial charge in [-0.3, -0.25) is 9.35 Å². The highest BCUT2D eigenvalue weighted by atomic mass is 32.2. The molecular formula is C14H16O8S. The molecule has 0 aromatic heterocycles. The molecule has 23 heavy (non-hydrogen) atoms. The summed E-state index contributed by atoms with van der Waals surface area (Å²) >= 11 is 0. The van der Waals surface area contributed by atoms with E-state index in [2.05, 4.69) is 0 Å². The second kappa shape index (κ2) is 7.70. The van der Waals surface area contributed by atoms with E-state index in [4.69, 9.17) is 9.29 Å². The van der Waals surface area contributed by atoms with Crippen LogP contribution in [0.15, 0.2) is 47.4 Å². The van der Waals surface area contributed by atoms with Gasteiger partial charge >= 0.3 is 0 Å². The second-order valence-electron chi connectivity index (χ2n) is 4.19. The highest BCUT2D eigenvalue weighted by molar-refractivity contribution is 7.86. The first-order valence-corrected chi connectivity index (χ1v) is 7.27. The molecule has 0 heterocycles. The van der Waals surface area contributed by atoms with Crippen LogP contribution in [0.2, 0.25) is 0 Å². The fourth-order valence-electron chi connectivity index (χ4n) is 1.84. The van der Waals surface area contributed by atoms with Crippen LogP contribution in [-0.2, 0) is 10.1 Å². The van der Waals surface area contributed by atoms with Gasteiger partial charge in [0.25, 0.3) is 10.1 Å². The zero-order valence-corrected chi connectivity index (χ0v) is 12.8. The molecular weight excluding hydrogens is 328 g/mol. The Kier molecular flexibility index (Phi) is 6.87. The molecule has 126 valence electrons. The molecule has 0 bridgehead atoms. The lowest BCUT2D eigenvalue weighted by Crippen LogP contribution is -2.07. The summed E-state index contributed by atoms with van der Waals surface area (Å²) in [4.78, 5) is 11.7. The van der Waals surface area contributed by atoms with Crippen LogP contribution in [-0.4, -0.2) is 41.9 Å². The van der Waals surface area contributed by atoms with Crippen molar-refractivity contribution in [1.29, 1.82) is 0 Å². The van der Waals surface area contributed by atoms with E-state index in [1.165, 1.54) is 19.2 Å². The third-order valence-electron chi connectivity index (χ3n) is 2.84. The Labute approximate surface area is 132 Å². The number of rotatable bonds is 4. The average Bonchev–Trinajstić information content (AvgIpc) is 2.45. The number of carbonyl (C=O) groups excluding carboxylic acids is 1. The van der Waals surface area contributed by atoms with E-state index in [1.807, 2.05) is 0 Å². The van der Waals surface area contributed by atoms with Crippen molar-refractivity contribution in [1.82, 2.24) is 0 Å². The first-order valence-electron chi connectivity index (χ1n) is 5.83. The average molecular weight is 344 g/mol. The highest BCUT2D eigenvalue weighted by Gasteiger charge is 2.23. The Morgan fingerprint density at radius 3 is 2.13 bits per heavy atom. The number of aromatic hydroxyl groups is 1. The molecule has 6 N–H and O–H groups in total. The van der Waals surface area contributed by atoms with Crippen LogP contribution in [0.1, 0.15) is 15.9 Å². The van der Waals surface area contributed by atoms with Crippen LogP contribution >= 0.6 is 0 Å². The normalized spacial score (nSPS) is 10.2. The van der Waals surface area contributed by atoms with Crippen molar-refractivity contribution in [3.63, 3.8) is 0 Å². The smallest absolute Gasteiger partial charge is 0.298 e. The van der Waals surface area contributed by atoms with Crippen molar-refractivity contribution >= 4 is 15.9 Å². The first kappa shape index (κ1) is 20.5. The van der Waals surface area contributed by atoms with Gasteiger partial charge in [-0.15, -0.1) is 0 Å². The molecule has 0 unspecified atom stereocenters. The minimum atomic E-state index is -4.59. The Morgan fingerprint density at radius 2 is 1.65 bits per heavy atom. The third kappa shape index (κ3) is 4.27. The summed E-state index contributed by atoms with van der Waals surface area (Å²) in [6.07, 6.45) is 0. The number of carbonyl (C=O) groups is 1. The van der Waals surface area contributed by atoms with Gasteiger partial charge in [-0.05, 0) is 6.07 Å². The zero-order chi connectivity index (χ0) is 15.6. The third-order valence-corrected chi connectivity index (χ3v) is 3.72. The van der Waals surface area contributed by atoms with Crippen molar-refractivity contribution in [2.75, 3.05) is 7.11 Å². The van der Waals surface area contributed by atoms with E-state index in [1.54, 1.807) is 18.2 Å². The standard InChI is InChI=1S/C14H12O6S.2H2O/c1-20-12-8-11(15)10(7-13(12)21(17,18)19)14(16)9-5-3-2-4-6-9;;/h2-8,15H,1H3,(H,17,18,19);2*1H2. The summed E-state index contributed by atoms with van der Waals surface area (Å²) in [5.41, 5.74) is 0.0360. The molecule has 2 aromatic rings. The summed E-state index contributed by atoms with van der Waals surface area (Å²) in [7, 11) is -3.41. The van der Waals surface area contributed by atoms with Crippen LogP contribution in [0.25, 0.3) is 0 Å². The largest absolute Gasteiger partial charge is 0.507 e. The number of methoxy groups -OCH3 is 1. The SMILES string of the molecule is COc1cc(O)c(C(=O)c2ccccc2)cc1S(=O)(=O)O.O.O. The van der Waals surface area contributed by atoms with Crippen molar-refractivity contribution in [3.8, 4) is 11.5 Å². The van der Waals surface area contributed by atoms with Crippen LogP contribution in [0.3, 0.4) is 0 Å². The molecule has 2 aromatic carbocycles. The molecule has 0 aliphatic carbocycles. The first-order chi connectivity index (χ1) is 9.84. The van der Waals surface area contributed by atoms with E-state index >= 15 is 0 Å². The molecule has 0 atom stereocenters. The van der Waals surface area contributed by atoms with Gasteiger partial charge in [0.05, 0.1) is 12.7 Å². The minimum absolute atomic E-state index is 0. The predicted octanol–water partition coefficient (Wildman–Crippen LogP) is 0.229. The number of benzene rings is 2. The maximum absolute atomic E-state index is 12.3. The Bertz CT molecular complexity index is 784. The highest BCUT2D eigenvalue weighted by Crippen LogP contribution is 2.32. The van der Waals surface area contributed by atoms with E-state index in [0.29, 0.717) is 0 Å². The summed E-state index contributed by atoms with van der Waals surface area (Å²) in [6, 6.07) is 9.90. The zero-order valence-electron chi connectivity index (χ0n) is 12.0. The van der Waals surface area contributed by atoms with Crippen molar-refractivity contribution < 1.29 is 38.6 Å². The van der Waals surface area contributed by atoms with Crippen LogP contribution in [0, 0.1) is 0 Å². The summed E-state index contributed by atoms with van der Waals surface area (Å²) < 4.78 is 36.6. The Hall–Kier alpha value is -2.46. The lowest BCUT2D eigenvalue weighted by molar-refractivity contribution is 0.103. The van der Waals surface area contributed by atoms with Gasteiger partial charge in [-0.25, -0.2) is 0 Å². The lowest BCUT2D eigenvalue weighted by atomic mass is 10.0. The second-order valence-corrected chi connectivity index (χ2v) is 5.58. The molecule has 0 saturated carbocycles. The topological polar surface area (TPSA) is 164 Å². The molecule has 0 amide bonds. The van der Waals surface area contributed by atoms with Crippen LogP contribution < -0.4 is 4.74 Å². The van der Waals surface area contributed by atoms with Crippen molar-refractivity contribution in [2.45, 2.75) is 4.90 Å². The van der Waals surface area contributed by atoms with E-state index in [9.17, 15) is 18.3 Å². The van der Waals surface area contributed by atoms with E-state index in [0.717, 1.165) is 12.1 Å². The number of ether oxygens (including phenoxy) is 1. The van der Waals surface area contributed by atoms with Gasteiger partial charge in [-0.1, -0.05) is 30.3 Å². The number of hydrogen-bond donors (Lipinski definition) is 2. The number of phenolic OH excluding ortho intramolecular Hbond substituents is 1. The maximum Gasteiger partial charge on any atom is 0.298 e. The van der Waals surface area contributed by atoms with Gasteiger partial charge < -0.3 is 20.8 Å². The molecule has 0 fully saturated rings. The van der Waals surface area contributed by atoms with Gasteiger partial charge in [0.1, 0.15) is 16.4 Å². The van der Waals surface area contributed by atoms with Crippen LogP contribution in [0.4, 0.5) is 0 Å². The molecule has 0 radical (unpaired) electrons. The Morgan fingerprint density at radius 1 is 1.09 bits per heavy atom. The number of ketones is 1. The monoisotopic (exact) mass is 344 g/mol. The van der Waals surface area contributed by atoms with Gasteiger partial charge in [0.2, 0.25) is 0 Å². The van der Waals surface area contributed by atoms with E-state index in [-0.39, 0.29) is 27.8 Å². The fraction of sp³-hybridized carbons (Fsp3) is 0.0714. The van der Waals surface area contributed by atoms with Gasteiger partial charge in [0, 0.05) is 11.6 Å². The minimum Gasteiger partial charge on any atom is -0.507 e. The molecule has 0 saturated heterocycles. The molecule has 0 aliphatic heterocycles.